The number of carbonyl (C=O) groups is 2. The van der Waals surface area contributed by atoms with Crippen LogP contribution in [0.4, 0.5) is 10.5 Å². The molecule has 2 amide bonds. The molecule has 0 aromatic heterocycles. The quantitative estimate of drug-likeness (QED) is 0.772. The molecule has 2 rings (SSSR count). The summed E-state index contributed by atoms with van der Waals surface area (Å²) in [7, 11) is -2.74. The van der Waals surface area contributed by atoms with Crippen LogP contribution in [0.5, 0.6) is 0 Å². The standard InChI is InChI=1S/C17H25N3O5S/c1-11(2)25-17(22)20-12(3)9-19(10-13(20)4)16(21)14-5-7-15(8-6-14)18-26(23)24/h5-8,11-13,26H,9-10H2,1-4H3,(H,18,23,24)/t12-,13+. The van der Waals surface area contributed by atoms with Gasteiger partial charge in [0.25, 0.3) is 5.91 Å². The lowest BCUT2D eigenvalue weighted by molar-refractivity contribution is 0.0124. The fraction of sp³-hybridized carbons (Fsp3) is 0.529. The van der Waals surface area contributed by atoms with Crippen LogP contribution in [-0.2, 0) is 15.6 Å². The van der Waals surface area contributed by atoms with Crippen LogP contribution in [0, 0.1) is 0 Å². The van der Waals surface area contributed by atoms with Crippen LogP contribution in [-0.4, -0.2) is 61.5 Å². The normalized spacial score (nSPS) is 20.4. The molecule has 1 fully saturated rings. The van der Waals surface area contributed by atoms with Crippen molar-refractivity contribution in [2.75, 3.05) is 17.8 Å². The van der Waals surface area contributed by atoms with Crippen molar-refractivity contribution in [2.45, 2.75) is 45.9 Å². The summed E-state index contributed by atoms with van der Waals surface area (Å²) < 4.78 is 28.9. The van der Waals surface area contributed by atoms with Gasteiger partial charge < -0.3 is 9.64 Å². The second-order valence-electron chi connectivity index (χ2n) is 6.69. The lowest BCUT2D eigenvalue weighted by atomic mass is 10.1. The number of anilines is 1. The summed E-state index contributed by atoms with van der Waals surface area (Å²) in [6.07, 6.45) is -0.563. The highest BCUT2D eigenvalue weighted by Gasteiger charge is 2.36. The number of carbonyl (C=O) groups excluding carboxylic acids is 2. The van der Waals surface area contributed by atoms with Gasteiger partial charge in [0, 0.05) is 24.3 Å². The van der Waals surface area contributed by atoms with Gasteiger partial charge in [-0.15, -0.1) is 0 Å². The smallest absolute Gasteiger partial charge is 0.410 e. The molecule has 1 aromatic carbocycles. The summed E-state index contributed by atoms with van der Waals surface area (Å²) in [5.41, 5.74) is 0.870. The highest BCUT2D eigenvalue weighted by atomic mass is 32.2. The summed E-state index contributed by atoms with van der Waals surface area (Å²) in [6.45, 7) is 8.18. The SMILES string of the molecule is CC(C)OC(=O)N1[C@H](C)CN(C(=O)c2ccc(N[SH](=O)=O)cc2)C[C@@H]1C. The average Bonchev–Trinajstić information content (AvgIpc) is 2.53. The van der Waals surface area contributed by atoms with E-state index >= 15 is 0 Å². The van der Waals surface area contributed by atoms with Crippen LogP contribution in [0.3, 0.4) is 0 Å². The molecule has 9 heteroatoms. The van der Waals surface area contributed by atoms with Crippen molar-refractivity contribution in [3.05, 3.63) is 29.8 Å². The zero-order valence-electron chi connectivity index (χ0n) is 15.3. The van der Waals surface area contributed by atoms with E-state index in [1.165, 1.54) is 0 Å². The first-order chi connectivity index (χ1) is 12.2. The molecule has 0 saturated carbocycles. The van der Waals surface area contributed by atoms with Gasteiger partial charge in [0.05, 0.1) is 18.2 Å². The zero-order chi connectivity index (χ0) is 19.4. The Morgan fingerprint density at radius 2 is 1.65 bits per heavy atom. The van der Waals surface area contributed by atoms with Gasteiger partial charge in [0.15, 0.2) is 0 Å². The van der Waals surface area contributed by atoms with Crippen LogP contribution in [0.25, 0.3) is 0 Å². The van der Waals surface area contributed by atoms with Crippen molar-refractivity contribution < 1.29 is 22.7 Å². The number of nitrogens with zero attached hydrogens (tertiary/aromatic N) is 2. The van der Waals surface area contributed by atoms with Crippen LogP contribution in [0.1, 0.15) is 38.1 Å². The fourth-order valence-corrected chi connectivity index (χ4v) is 3.45. The highest BCUT2D eigenvalue weighted by Crippen LogP contribution is 2.20. The summed E-state index contributed by atoms with van der Waals surface area (Å²) in [6, 6.07) is 5.91. The molecule has 144 valence electrons. The largest absolute Gasteiger partial charge is 0.447 e. The molecule has 26 heavy (non-hydrogen) atoms. The van der Waals surface area contributed by atoms with E-state index in [9.17, 15) is 18.0 Å². The molecule has 1 aromatic rings. The lowest BCUT2D eigenvalue weighted by Gasteiger charge is -2.43. The molecule has 0 unspecified atom stereocenters. The van der Waals surface area contributed by atoms with E-state index in [4.69, 9.17) is 4.74 Å². The topological polar surface area (TPSA) is 96.0 Å². The maximum atomic E-state index is 12.7. The Bertz CT molecular complexity index is 712. The highest BCUT2D eigenvalue weighted by molar-refractivity contribution is 7.73. The second kappa shape index (κ2) is 8.39. The zero-order valence-corrected chi connectivity index (χ0v) is 16.2. The van der Waals surface area contributed by atoms with E-state index in [2.05, 4.69) is 4.72 Å². The first-order valence-corrected chi connectivity index (χ1v) is 9.66. The maximum Gasteiger partial charge on any atom is 0.410 e. The molecule has 1 aliphatic heterocycles. The average molecular weight is 383 g/mol. The number of ether oxygens (including phenoxy) is 1. The minimum atomic E-state index is -2.74. The number of hydrogen-bond acceptors (Lipinski definition) is 5. The summed E-state index contributed by atoms with van der Waals surface area (Å²) in [5, 5.41) is 0. The molecule has 2 atom stereocenters. The number of benzene rings is 1. The van der Waals surface area contributed by atoms with Gasteiger partial charge in [0.2, 0.25) is 10.9 Å². The van der Waals surface area contributed by atoms with Gasteiger partial charge in [-0.25, -0.2) is 13.2 Å². The van der Waals surface area contributed by atoms with Crippen molar-refractivity contribution in [1.29, 1.82) is 0 Å². The van der Waals surface area contributed by atoms with Crippen molar-refractivity contribution in [1.82, 2.24) is 9.80 Å². The Balaban J connectivity index is 2.06. The van der Waals surface area contributed by atoms with E-state index in [0.29, 0.717) is 24.3 Å². The van der Waals surface area contributed by atoms with Gasteiger partial charge in [-0.2, -0.15) is 0 Å². The molecule has 1 N–H and O–H groups in total. The summed E-state index contributed by atoms with van der Waals surface area (Å²) >= 11 is 0. The summed E-state index contributed by atoms with van der Waals surface area (Å²) in [4.78, 5) is 28.3. The first kappa shape index (κ1) is 20.0. The maximum absolute atomic E-state index is 12.7. The third-order valence-electron chi connectivity index (χ3n) is 4.11. The Kier molecular flexibility index (Phi) is 6.47. The molecule has 8 nitrogen and oxygen atoms in total. The molecule has 1 heterocycles. The van der Waals surface area contributed by atoms with Crippen LogP contribution in [0.15, 0.2) is 24.3 Å². The monoisotopic (exact) mass is 383 g/mol. The van der Waals surface area contributed by atoms with E-state index in [-0.39, 0.29) is 30.2 Å². The van der Waals surface area contributed by atoms with Crippen molar-refractivity contribution in [3.63, 3.8) is 0 Å². The Morgan fingerprint density at radius 1 is 1.12 bits per heavy atom. The minimum Gasteiger partial charge on any atom is -0.447 e. The Hall–Kier alpha value is -2.29. The molecule has 0 spiro atoms. The molecule has 0 radical (unpaired) electrons. The van der Waals surface area contributed by atoms with Crippen LogP contribution >= 0.6 is 0 Å². The summed E-state index contributed by atoms with van der Waals surface area (Å²) in [5.74, 6) is -0.154. The van der Waals surface area contributed by atoms with Crippen LogP contribution < -0.4 is 4.72 Å². The molecule has 0 aliphatic carbocycles. The first-order valence-electron chi connectivity index (χ1n) is 8.48. The number of nitrogens with one attached hydrogen (secondary N) is 1. The predicted molar refractivity (Wildman–Crippen MR) is 98.7 cm³/mol. The number of amides is 2. The lowest BCUT2D eigenvalue weighted by Crippen LogP contribution is -2.60. The van der Waals surface area contributed by atoms with Gasteiger partial charge in [-0.05, 0) is 52.0 Å². The van der Waals surface area contributed by atoms with Crippen LogP contribution in [0.2, 0.25) is 0 Å². The molecule has 1 saturated heterocycles. The van der Waals surface area contributed by atoms with Gasteiger partial charge in [0.1, 0.15) is 0 Å². The Labute approximate surface area is 155 Å². The molecular formula is C17H25N3O5S. The Morgan fingerprint density at radius 3 is 2.12 bits per heavy atom. The second-order valence-corrected chi connectivity index (χ2v) is 7.43. The fourth-order valence-electron chi connectivity index (χ4n) is 3.09. The number of thiol groups is 1. The van der Waals surface area contributed by atoms with Crippen molar-refractivity contribution in [3.8, 4) is 0 Å². The third-order valence-corrected chi connectivity index (χ3v) is 4.55. The minimum absolute atomic E-state index is 0.154. The van der Waals surface area contributed by atoms with E-state index in [0.717, 1.165) is 0 Å². The predicted octanol–water partition coefficient (Wildman–Crippen LogP) is 1.70. The number of hydrogen-bond donors (Lipinski definition) is 2. The van der Waals surface area contributed by atoms with Gasteiger partial charge in [-0.1, -0.05) is 0 Å². The van der Waals surface area contributed by atoms with Gasteiger partial charge >= 0.3 is 6.09 Å². The molecular weight excluding hydrogens is 358 g/mol. The van der Waals surface area contributed by atoms with E-state index in [1.807, 2.05) is 13.8 Å². The molecule has 1 aliphatic rings. The molecule has 0 bridgehead atoms. The third kappa shape index (κ3) is 4.87. The van der Waals surface area contributed by atoms with E-state index < -0.39 is 10.9 Å². The van der Waals surface area contributed by atoms with E-state index in [1.54, 1.807) is 47.9 Å². The van der Waals surface area contributed by atoms with Crippen molar-refractivity contribution >= 4 is 28.6 Å². The number of rotatable bonds is 4. The number of piperazine rings is 1. The van der Waals surface area contributed by atoms with Gasteiger partial charge in [-0.3, -0.25) is 14.4 Å². The van der Waals surface area contributed by atoms with Crippen molar-refractivity contribution in [2.24, 2.45) is 0 Å².